The third kappa shape index (κ3) is 3.20. The van der Waals surface area contributed by atoms with Crippen LogP contribution in [0.3, 0.4) is 0 Å². The number of hydrogen-bond acceptors (Lipinski definition) is 4. The molecule has 2 aromatic carbocycles. The van der Waals surface area contributed by atoms with Crippen LogP contribution in [0.1, 0.15) is 16.9 Å². The minimum Gasteiger partial charge on any atom is -0.467 e. The molecule has 0 fully saturated rings. The van der Waals surface area contributed by atoms with E-state index in [1.165, 1.54) is 30.5 Å². The van der Waals surface area contributed by atoms with Crippen LogP contribution >= 0.6 is 0 Å². The van der Waals surface area contributed by atoms with E-state index in [9.17, 15) is 14.0 Å². The number of benzene rings is 2. The fraction of sp³-hybridized carbons (Fsp3) is 0.0909. The summed E-state index contributed by atoms with van der Waals surface area (Å²) in [6.07, 6.45) is 1.49. The molecule has 0 saturated carbocycles. The normalized spacial score (nSPS) is 14.1. The summed E-state index contributed by atoms with van der Waals surface area (Å²) in [5.41, 5.74) is 2.49. The summed E-state index contributed by atoms with van der Waals surface area (Å²) in [4.78, 5) is 27.3. The molecule has 1 aromatic heterocycles. The van der Waals surface area contributed by atoms with Gasteiger partial charge in [0.05, 0.1) is 18.4 Å². The predicted octanol–water partition coefficient (Wildman–Crippen LogP) is 4.12. The monoisotopic (exact) mass is 376 g/mol. The van der Waals surface area contributed by atoms with Gasteiger partial charge in [-0.05, 0) is 48.4 Å². The van der Waals surface area contributed by atoms with Crippen molar-refractivity contribution in [2.45, 2.75) is 13.5 Å². The van der Waals surface area contributed by atoms with Crippen LogP contribution in [0.15, 0.2) is 77.0 Å². The van der Waals surface area contributed by atoms with Crippen LogP contribution in [0.2, 0.25) is 0 Å². The molecule has 5 nitrogen and oxygen atoms in total. The van der Waals surface area contributed by atoms with E-state index in [0.29, 0.717) is 11.3 Å². The molecule has 0 saturated heterocycles. The van der Waals surface area contributed by atoms with Crippen molar-refractivity contribution in [1.82, 2.24) is 4.90 Å². The second-order valence-electron chi connectivity index (χ2n) is 6.47. The Morgan fingerprint density at radius 1 is 0.964 bits per heavy atom. The Morgan fingerprint density at radius 2 is 1.71 bits per heavy atom. The Bertz CT molecular complexity index is 1070. The maximum Gasteiger partial charge on any atom is 0.278 e. The molecule has 0 unspecified atom stereocenters. The Labute approximate surface area is 161 Å². The van der Waals surface area contributed by atoms with Gasteiger partial charge in [0, 0.05) is 5.69 Å². The molecule has 2 amide bonds. The number of furan rings is 1. The van der Waals surface area contributed by atoms with Crippen molar-refractivity contribution in [2.24, 2.45) is 0 Å². The van der Waals surface area contributed by atoms with Crippen LogP contribution in [-0.4, -0.2) is 16.7 Å². The minimum atomic E-state index is -0.455. The van der Waals surface area contributed by atoms with E-state index in [2.05, 4.69) is 5.32 Å². The number of amides is 2. The van der Waals surface area contributed by atoms with Gasteiger partial charge in [0.1, 0.15) is 17.3 Å². The van der Waals surface area contributed by atoms with Gasteiger partial charge in [-0.15, -0.1) is 0 Å². The van der Waals surface area contributed by atoms with Gasteiger partial charge in [0.25, 0.3) is 11.8 Å². The molecule has 1 aliphatic rings. The standard InChI is InChI=1S/C22H17FN2O3/c1-14-5-2-3-7-18(14)24-20-19(15-8-10-16(23)11-9-15)21(26)25(22(20)27)13-17-6-4-12-28-17/h2-12,24H,13H2,1H3. The number of halogens is 1. The van der Waals surface area contributed by atoms with Gasteiger partial charge >= 0.3 is 0 Å². The highest BCUT2D eigenvalue weighted by Gasteiger charge is 2.39. The highest BCUT2D eigenvalue weighted by atomic mass is 19.1. The molecule has 2 heterocycles. The second-order valence-corrected chi connectivity index (χ2v) is 6.47. The Hall–Kier alpha value is -3.67. The number of imide groups is 1. The third-order valence-electron chi connectivity index (χ3n) is 4.60. The van der Waals surface area contributed by atoms with Crippen molar-refractivity contribution in [1.29, 1.82) is 0 Å². The molecule has 4 rings (SSSR count). The first-order valence-electron chi connectivity index (χ1n) is 8.76. The molecule has 28 heavy (non-hydrogen) atoms. The molecule has 3 aromatic rings. The van der Waals surface area contributed by atoms with Crippen LogP contribution in [0.4, 0.5) is 10.1 Å². The van der Waals surface area contributed by atoms with Crippen LogP contribution in [-0.2, 0) is 16.1 Å². The zero-order chi connectivity index (χ0) is 19.7. The van der Waals surface area contributed by atoms with Gasteiger partial charge in [-0.3, -0.25) is 14.5 Å². The summed E-state index contributed by atoms with van der Waals surface area (Å²) in [5.74, 6) is -0.827. The van der Waals surface area contributed by atoms with Crippen LogP contribution in [0.25, 0.3) is 5.57 Å². The van der Waals surface area contributed by atoms with Crippen LogP contribution in [0.5, 0.6) is 0 Å². The highest BCUT2D eigenvalue weighted by molar-refractivity contribution is 6.36. The molecule has 0 aliphatic carbocycles. The highest BCUT2D eigenvalue weighted by Crippen LogP contribution is 2.32. The number of anilines is 1. The van der Waals surface area contributed by atoms with Crippen molar-refractivity contribution in [2.75, 3.05) is 5.32 Å². The van der Waals surface area contributed by atoms with Gasteiger partial charge < -0.3 is 9.73 Å². The largest absolute Gasteiger partial charge is 0.467 e. The number of hydrogen-bond donors (Lipinski definition) is 1. The number of carbonyl (C=O) groups is 2. The van der Waals surface area contributed by atoms with Gasteiger partial charge in [-0.2, -0.15) is 0 Å². The summed E-state index contributed by atoms with van der Waals surface area (Å²) in [6, 6.07) is 16.4. The average molecular weight is 376 g/mol. The first-order valence-corrected chi connectivity index (χ1v) is 8.76. The van der Waals surface area contributed by atoms with E-state index in [0.717, 1.165) is 16.2 Å². The second kappa shape index (κ2) is 7.15. The average Bonchev–Trinajstić information content (AvgIpc) is 3.28. The molecule has 1 N–H and O–H groups in total. The molecule has 0 radical (unpaired) electrons. The molecule has 140 valence electrons. The number of aryl methyl sites for hydroxylation is 1. The number of para-hydroxylation sites is 1. The first-order chi connectivity index (χ1) is 13.5. The molecule has 0 bridgehead atoms. The molecule has 0 atom stereocenters. The number of nitrogens with zero attached hydrogens (tertiary/aromatic N) is 1. The topological polar surface area (TPSA) is 62.6 Å². The van der Waals surface area contributed by atoms with E-state index >= 15 is 0 Å². The number of nitrogens with one attached hydrogen (secondary N) is 1. The van der Waals surface area contributed by atoms with Gasteiger partial charge in [-0.1, -0.05) is 30.3 Å². The maximum absolute atomic E-state index is 13.4. The molecule has 1 aliphatic heterocycles. The zero-order valence-electron chi connectivity index (χ0n) is 15.1. The smallest absolute Gasteiger partial charge is 0.278 e. The third-order valence-corrected chi connectivity index (χ3v) is 4.60. The van der Waals surface area contributed by atoms with Crippen molar-refractivity contribution in [3.05, 3.63) is 95.3 Å². The maximum atomic E-state index is 13.4. The SMILES string of the molecule is Cc1ccccc1NC1=C(c2ccc(F)cc2)C(=O)N(Cc2ccco2)C1=O. The Kier molecular flexibility index (Phi) is 4.53. The van der Waals surface area contributed by atoms with Crippen LogP contribution < -0.4 is 5.32 Å². The fourth-order valence-electron chi connectivity index (χ4n) is 3.13. The van der Waals surface area contributed by atoms with Gasteiger partial charge in [0.2, 0.25) is 0 Å². The van der Waals surface area contributed by atoms with Crippen molar-refractivity contribution in [3.8, 4) is 0 Å². The summed E-state index contributed by atoms with van der Waals surface area (Å²) in [7, 11) is 0. The van der Waals surface area contributed by atoms with E-state index in [1.807, 2.05) is 31.2 Å². The Balaban J connectivity index is 1.77. The molecular weight excluding hydrogens is 359 g/mol. The van der Waals surface area contributed by atoms with Gasteiger partial charge in [0.15, 0.2) is 0 Å². The zero-order valence-corrected chi connectivity index (χ0v) is 15.1. The van der Waals surface area contributed by atoms with E-state index in [1.54, 1.807) is 12.1 Å². The fourth-order valence-corrected chi connectivity index (χ4v) is 3.13. The van der Waals surface area contributed by atoms with E-state index in [4.69, 9.17) is 4.42 Å². The molecule has 0 spiro atoms. The van der Waals surface area contributed by atoms with E-state index < -0.39 is 17.6 Å². The van der Waals surface area contributed by atoms with Gasteiger partial charge in [-0.25, -0.2) is 4.39 Å². The van der Waals surface area contributed by atoms with E-state index in [-0.39, 0.29) is 17.8 Å². The summed E-state index contributed by atoms with van der Waals surface area (Å²) in [5, 5.41) is 3.11. The van der Waals surface area contributed by atoms with Crippen molar-refractivity contribution >= 4 is 23.1 Å². The minimum absolute atomic E-state index is 0.0221. The lowest BCUT2D eigenvalue weighted by atomic mass is 10.0. The summed E-state index contributed by atoms with van der Waals surface area (Å²) < 4.78 is 18.7. The first kappa shape index (κ1) is 17.7. The van der Waals surface area contributed by atoms with Crippen LogP contribution in [0, 0.1) is 12.7 Å². The molecular formula is C22H17FN2O3. The lowest BCUT2D eigenvalue weighted by Gasteiger charge is -2.14. The number of carbonyl (C=O) groups excluding carboxylic acids is 2. The molecule has 6 heteroatoms. The van der Waals surface area contributed by atoms with Crippen molar-refractivity contribution in [3.63, 3.8) is 0 Å². The predicted molar refractivity (Wildman–Crippen MR) is 102 cm³/mol. The lowest BCUT2D eigenvalue weighted by Crippen LogP contribution is -2.31. The quantitative estimate of drug-likeness (QED) is 0.681. The lowest BCUT2D eigenvalue weighted by molar-refractivity contribution is -0.137. The van der Waals surface area contributed by atoms with Crippen molar-refractivity contribution < 1.29 is 18.4 Å². The Morgan fingerprint density at radius 3 is 2.39 bits per heavy atom. The number of rotatable bonds is 5. The summed E-state index contributed by atoms with van der Waals surface area (Å²) >= 11 is 0. The summed E-state index contributed by atoms with van der Waals surface area (Å²) in [6.45, 7) is 1.93.